The van der Waals surface area contributed by atoms with Crippen molar-refractivity contribution in [2.24, 2.45) is 0 Å². The maximum absolute atomic E-state index is 12.7. The first-order chi connectivity index (χ1) is 13.1. The Kier molecular flexibility index (Phi) is 4.89. The van der Waals surface area contributed by atoms with E-state index in [0.29, 0.717) is 12.1 Å². The van der Waals surface area contributed by atoms with E-state index in [2.05, 4.69) is 39.5 Å². The first-order valence-corrected chi connectivity index (χ1v) is 9.87. The maximum Gasteiger partial charge on any atom is 0.256 e. The summed E-state index contributed by atoms with van der Waals surface area (Å²) in [5.41, 5.74) is 1.72. The van der Waals surface area contributed by atoms with Crippen LogP contribution < -0.4 is 10.6 Å². The highest BCUT2D eigenvalue weighted by molar-refractivity contribution is 7.11. The van der Waals surface area contributed by atoms with E-state index in [4.69, 9.17) is 0 Å². The van der Waals surface area contributed by atoms with E-state index in [0.717, 1.165) is 29.2 Å². The SMILES string of the molecule is Cc1cnc(C2CC(C)n3ncc(C(=O)NCCc4ccncc4)c3N2)s1. The lowest BCUT2D eigenvalue weighted by Gasteiger charge is -2.29. The Morgan fingerprint density at radius 1 is 1.37 bits per heavy atom. The third-order valence-electron chi connectivity index (χ3n) is 4.73. The highest BCUT2D eigenvalue weighted by atomic mass is 32.1. The molecule has 0 spiro atoms. The van der Waals surface area contributed by atoms with Crippen LogP contribution >= 0.6 is 11.3 Å². The average Bonchev–Trinajstić information content (AvgIpc) is 3.29. The molecule has 27 heavy (non-hydrogen) atoms. The minimum Gasteiger partial charge on any atom is -0.360 e. The number of carbonyl (C=O) groups is 1. The number of rotatable bonds is 5. The van der Waals surface area contributed by atoms with Crippen molar-refractivity contribution < 1.29 is 4.79 Å². The van der Waals surface area contributed by atoms with Crippen LogP contribution in [0.2, 0.25) is 0 Å². The van der Waals surface area contributed by atoms with Crippen LogP contribution in [-0.2, 0) is 6.42 Å². The van der Waals surface area contributed by atoms with Gasteiger partial charge in [0.05, 0.1) is 18.3 Å². The summed E-state index contributed by atoms with van der Waals surface area (Å²) in [5.74, 6) is 0.661. The van der Waals surface area contributed by atoms with Gasteiger partial charge in [-0.2, -0.15) is 5.10 Å². The molecule has 140 valence electrons. The first kappa shape index (κ1) is 17.7. The quantitative estimate of drug-likeness (QED) is 0.708. The van der Waals surface area contributed by atoms with Gasteiger partial charge in [0, 0.05) is 30.0 Å². The number of aromatic nitrogens is 4. The second-order valence-corrected chi connectivity index (χ2v) is 8.07. The molecular formula is C19H22N6OS. The summed E-state index contributed by atoms with van der Waals surface area (Å²) < 4.78 is 1.90. The molecule has 8 heteroatoms. The fraction of sp³-hybridized carbons (Fsp3) is 0.368. The number of carbonyl (C=O) groups excluding carboxylic acids is 1. The Morgan fingerprint density at radius 2 is 2.19 bits per heavy atom. The third-order valence-corrected chi connectivity index (χ3v) is 5.76. The lowest BCUT2D eigenvalue weighted by atomic mass is 10.1. The number of anilines is 1. The molecule has 7 nitrogen and oxygen atoms in total. The number of hydrogen-bond donors (Lipinski definition) is 2. The Bertz CT molecular complexity index is 935. The standard InChI is InChI=1S/C19H22N6OS/c1-12-9-16(19-22-10-13(2)27-19)24-17-15(11-23-25(12)17)18(26)21-8-5-14-3-6-20-7-4-14/h3-4,6-7,10-12,16,24H,5,8-9H2,1-2H3,(H,21,26). The number of nitrogens with zero attached hydrogens (tertiary/aromatic N) is 4. The van der Waals surface area contributed by atoms with Gasteiger partial charge < -0.3 is 10.6 Å². The summed E-state index contributed by atoms with van der Waals surface area (Å²) in [4.78, 5) is 22.4. The fourth-order valence-electron chi connectivity index (χ4n) is 3.33. The molecule has 3 aromatic rings. The largest absolute Gasteiger partial charge is 0.360 e. The first-order valence-electron chi connectivity index (χ1n) is 9.05. The highest BCUT2D eigenvalue weighted by Gasteiger charge is 2.30. The molecule has 3 aromatic heterocycles. The normalized spacial score (nSPS) is 18.6. The van der Waals surface area contributed by atoms with Crippen molar-refractivity contribution >= 4 is 23.1 Å². The van der Waals surface area contributed by atoms with E-state index < -0.39 is 0 Å². The minimum atomic E-state index is -0.110. The Balaban J connectivity index is 1.46. The number of thiazole rings is 1. The van der Waals surface area contributed by atoms with E-state index in [1.165, 1.54) is 4.88 Å². The molecule has 0 radical (unpaired) electrons. The second kappa shape index (κ2) is 7.48. The number of pyridine rings is 1. The van der Waals surface area contributed by atoms with Gasteiger partial charge in [-0.15, -0.1) is 11.3 Å². The molecule has 0 bridgehead atoms. The minimum absolute atomic E-state index is 0.103. The number of nitrogens with one attached hydrogen (secondary N) is 2. The summed E-state index contributed by atoms with van der Waals surface area (Å²) in [6, 6.07) is 4.22. The van der Waals surface area contributed by atoms with Crippen LogP contribution in [0.3, 0.4) is 0 Å². The highest BCUT2D eigenvalue weighted by Crippen LogP contribution is 2.37. The van der Waals surface area contributed by atoms with Gasteiger partial charge in [-0.05, 0) is 44.4 Å². The Morgan fingerprint density at radius 3 is 2.93 bits per heavy atom. The smallest absolute Gasteiger partial charge is 0.256 e. The zero-order chi connectivity index (χ0) is 18.8. The van der Waals surface area contributed by atoms with Gasteiger partial charge in [0.15, 0.2) is 0 Å². The van der Waals surface area contributed by atoms with E-state index >= 15 is 0 Å². The van der Waals surface area contributed by atoms with Gasteiger partial charge in [-0.25, -0.2) is 9.67 Å². The molecule has 0 fully saturated rings. The molecule has 1 amide bonds. The van der Waals surface area contributed by atoms with Gasteiger partial charge in [0.1, 0.15) is 16.4 Å². The lowest BCUT2D eigenvalue weighted by Crippen LogP contribution is -2.29. The number of aryl methyl sites for hydroxylation is 1. The van der Waals surface area contributed by atoms with Gasteiger partial charge >= 0.3 is 0 Å². The number of fused-ring (bicyclic) bond motifs is 1. The molecule has 2 atom stereocenters. The van der Waals surface area contributed by atoms with Crippen molar-refractivity contribution in [3.63, 3.8) is 0 Å². The molecule has 4 heterocycles. The number of amides is 1. The second-order valence-electron chi connectivity index (χ2n) is 6.80. The van der Waals surface area contributed by atoms with Crippen LogP contribution in [0.4, 0.5) is 5.82 Å². The van der Waals surface area contributed by atoms with Gasteiger partial charge in [-0.1, -0.05) is 0 Å². The Hall–Kier alpha value is -2.74. The van der Waals surface area contributed by atoms with Gasteiger partial charge in [0.2, 0.25) is 0 Å². The van der Waals surface area contributed by atoms with Crippen molar-refractivity contribution in [2.45, 2.75) is 38.8 Å². The van der Waals surface area contributed by atoms with Crippen LogP contribution in [0, 0.1) is 6.92 Å². The van der Waals surface area contributed by atoms with Crippen molar-refractivity contribution in [1.29, 1.82) is 0 Å². The third kappa shape index (κ3) is 3.71. The van der Waals surface area contributed by atoms with Crippen molar-refractivity contribution in [2.75, 3.05) is 11.9 Å². The van der Waals surface area contributed by atoms with Crippen molar-refractivity contribution in [1.82, 2.24) is 25.1 Å². The molecular weight excluding hydrogens is 360 g/mol. The predicted octanol–water partition coefficient (Wildman–Crippen LogP) is 3.13. The monoisotopic (exact) mass is 382 g/mol. The molecule has 0 saturated carbocycles. The van der Waals surface area contributed by atoms with Crippen LogP contribution in [0.25, 0.3) is 0 Å². The molecule has 0 aromatic carbocycles. The van der Waals surface area contributed by atoms with Gasteiger partial charge in [-0.3, -0.25) is 9.78 Å². The molecule has 1 aliphatic rings. The fourth-order valence-corrected chi connectivity index (χ4v) is 4.17. The average molecular weight is 382 g/mol. The molecule has 0 aliphatic carbocycles. The summed E-state index contributed by atoms with van der Waals surface area (Å²) in [6.07, 6.45) is 8.72. The van der Waals surface area contributed by atoms with E-state index in [1.807, 2.05) is 23.0 Å². The Labute approximate surface area is 161 Å². The molecule has 1 aliphatic heterocycles. The van der Waals surface area contributed by atoms with Crippen molar-refractivity contribution in [3.05, 3.63) is 57.9 Å². The van der Waals surface area contributed by atoms with Crippen molar-refractivity contribution in [3.8, 4) is 0 Å². The zero-order valence-corrected chi connectivity index (χ0v) is 16.2. The van der Waals surface area contributed by atoms with E-state index in [1.54, 1.807) is 29.9 Å². The van der Waals surface area contributed by atoms with Crippen LogP contribution in [0.5, 0.6) is 0 Å². The maximum atomic E-state index is 12.7. The van der Waals surface area contributed by atoms with Gasteiger partial charge in [0.25, 0.3) is 5.91 Å². The van der Waals surface area contributed by atoms with Crippen LogP contribution in [0.1, 0.15) is 51.2 Å². The summed E-state index contributed by atoms with van der Waals surface area (Å²) in [6.45, 7) is 4.74. The summed E-state index contributed by atoms with van der Waals surface area (Å²) >= 11 is 1.69. The van der Waals surface area contributed by atoms with Crippen LogP contribution in [-0.4, -0.2) is 32.2 Å². The summed E-state index contributed by atoms with van der Waals surface area (Å²) in [7, 11) is 0. The molecule has 4 rings (SSSR count). The molecule has 2 N–H and O–H groups in total. The lowest BCUT2D eigenvalue weighted by molar-refractivity contribution is 0.0954. The van der Waals surface area contributed by atoms with E-state index in [9.17, 15) is 4.79 Å². The van der Waals surface area contributed by atoms with Crippen LogP contribution in [0.15, 0.2) is 36.9 Å². The van der Waals surface area contributed by atoms with E-state index in [-0.39, 0.29) is 18.0 Å². The number of hydrogen-bond acceptors (Lipinski definition) is 6. The topological polar surface area (TPSA) is 84.7 Å². The summed E-state index contributed by atoms with van der Waals surface area (Å²) in [5, 5.41) is 11.9. The zero-order valence-electron chi connectivity index (χ0n) is 15.3. The molecule has 2 unspecified atom stereocenters. The molecule has 0 saturated heterocycles. The predicted molar refractivity (Wildman–Crippen MR) is 105 cm³/mol.